The minimum absolute atomic E-state index is 0.123. The highest BCUT2D eigenvalue weighted by atomic mass is 16.2. The number of carbonyl (C=O) groups is 1. The summed E-state index contributed by atoms with van der Waals surface area (Å²) in [5.74, 6) is 1.15. The van der Waals surface area contributed by atoms with Crippen LogP contribution in [-0.2, 0) is 0 Å². The van der Waals surface area contributed by atoms with Gasteiger partial charge in [0.1, 0.15) is 5.82 Å². The van der Waals surface area contributed by atoms with Crippen molar-refractivity contribution in [1.82, 2.24) is 9.88 Å². The maximum atomic E-state index is 13.1. The first-order valence-electron chi connectivity index (χ1n) is 10.2. The first kappa shape index (κ1) is 18.2. The van der Waals surface area contributed by atoms with Gasteiger partial charge in [0.15, 0.2) is 0 Å². The second-order valence-electron chi connectivity index (χ2n) is 7.88. The van der Waals surface area contributed by atoms with Crippen molar-refractivity contribution in [2.24, 2.45) is 0 Å². The fraction of sp³-hybridized carbons (Fsp3) is 0.524. The van der Waals surface area contributed by atoms with Gasteiger partial charge in [-0.3, -0.25) is 4.79 Å². The van der Waals surface area contributed by atoms with Gasteiger partial charge >= 0.3 is 0 Å². The van der Waals surface area contributed by atoms with Gasteiger partial charge in [-0.1, -0.05) is 24.3 Å². The Morgan fingerprint density at radius 3 is 2.37 bits per heavy atom. The summed E-state index contributed by atoms with van der Waals surface area (Å²) in [5, 5.41) is 2.13. The summed E-state index contributed by atoms with van der Waals surface area (Å²) >= 11 is 0. The van der Waals surface area contributed by atoms with Crippen molar-refractivity contribution in [2.45, 2.75) is 6.92 Å². The van der Waals surface area contributed by atoms with E-state index in [-0.39, 0.29) is 5.91 Å². The Morgan fingerprint density at radius 2 is 1.70 bits per heavy atom. The molecule has 0 bridgehead atoms. The largest absolute Gasteiger partial charge is 0.345 e. The van der Waals surface area contributed by atoms with Crippen molar-refractivity contribution >= 4 is 22.5 Å². The predicted octanol–water partition coefficient (Wildman–Crippen LogP) is -1.07. The van der Waals surface area contributed by atoms with Gasteiger partial charge in [0.2, 0.25) is 0 Å². The van der Waals surface area contributed by atoms with Gasteiger partial charge in [-0.05, 0) is 12.3 Å². The van der Waals surface area contributed by atoms with Gasteiger partial charge < -0.3 is 19.6 Å². The van der Waals surface area contributed by atoms with Crippen LogP contribution in [0, 0.1) is 0 Å². The summed E-state index contributed by atoms with van der Waals surface area (Å²) in [7, 11) is 2.19. The van der Waals surface area contributed by atoms with Crippen molar-refractivity contribution in [2.75, 3.05) is 70.9 Å². The molecule has 2 N–H and O–H groups in total. The van der Waals surface area contributed by atoms with Gasteiger partial charge in [-0.15, -0.1) is 0 Å². The van der Waals surface area contributed by atoms with Crippen LogP contribution in [0.3, 0.4) is 0 Å². The molecular weight excluding hydrogens is 338 g/mol. The highest BCUT2D eigenvalue weighted by Gasteiger charge is 2.26. The van der Waals surface area contributed by atoms with E-state index in [1.54, 1.807) is 4.90 Å². The molecule has 0 unspecified atom stereocenters. The second kappa shape index (κ2) is 7.82. The Kier molecular flexibility index (Phi) is 5.27. The normalized spacial score (nSPS) is 19.6. The summed E-state index contributed by atoms with van der Waals surface area (Å²) in [6.45, 7) is 11.4. The Bertz CT molecular complexity index is 807. The van der Waals surface area contributed by atoms with Crippen molar-refractivity contribution < 1.29 is 14.6 Å². The standard InChI is InChI=1S/C21H29N5O/c1-3-24-10-14-25(15-11-24)20-18-7-5-4-6-17(18)19(16-22-20)21(27)26-12-8-23(2)9-13-26/h4-7,16H,3,8-15H2,1-2H3/p+2. The zero-order valence-corrected chi connectivity index (χ0v) is 16.5. The van der Waals surface area contributed by atoms with E-state index in [2.05, 4.69) is 37.1 Å². The van der Waals surface area contributed by atoms with Crippen LogP contribution in [0.4, 0.5) is 5.82 Å². The summed E-state index contributed by atoms with van der Waals surface area (Å²) in [4.78, 5) is 25.4. The molecule has 0 saturated carbocycles. The molecule has 6 nitrogen and oxygen atoms in total. The summed E-state index contributed by atoms with van der Waals surface area (Å²) in [6.07, 6.45) is 1.81. The van der Waals surface area contributed by atoms with Crippen LogP contribution in [0.25, 0.3) is 10.8 Å². The zero-order chi connectivity index (χ0) is 18.8. The number of pyridine rings is 1. The topological polar surface area (TPSA) is 45.3 Å². The minimum atomic E-state index is 0.123. The van der Waals surface area contributed by atoms with Crippen LogP contribution in [0.1, 0.15) is 17.3 Å². The lowest BCUT2D eigenvalue weighted by molar-refractivity contribution is -0.898. The molecule has 2 fully saturated rings. The van der Waals surface area contributed by atoms with Crippen molar-refractivity contribution in [3.8, 4) is 0 Å². The molecule has 0 radical (unpaired) electrons. The van der Waals surface area contributed by atoms with Gasteiger partial charge in [0, 0.05) is 11.6 Å². The highest BCUT2D eigenvalue weighted by molar-refractivity contribution is 6.09. The molecule has 3 heterocycles. The number of nitrogens with zero attached hydrogens (tertiary/aromatic N) is 3. The molecule has 0 atom stereocenters. The monoisotopic (exact) mass is 369 g/mol. The van der Waals surface area contributed by atoms with Crippen molar-refractivity contribution in [3.63, 3.8) is 0 Å². The molecule has 4 rings (SSSR count). The molecule has 1 amide bonds. The number of aromatic nitrogens is 1. The molecule has 144 valence electrons. The van der Waals surface area contributed by atoms with E-state index in [1.165, 1.54) is 11.4 Å². The number of hydrogen-bond donors (Lipinski definition) is 2. The Hall–Kier alpha value is -2.18. The zero-order valence-electron chi connectivity index (χ0n) is 16.5. The molecule has 6 heteroatoms. The number of piperazine rings is 2. The second-order valence-corrected chi connectivity index (χ2v) is 7.88. The lowest BCUT2D eigenvalue weighted by atomic mass is 10.0. The molecule has 2 saturated heterocycles. The van der Waals surface area contributed by atoms with Crippen molar-refractivity contribution in [3.05, 3.63) is 36.0 Å². The van der Waals surface area contributed by atoms with E-state index in [9.17, 15) is 4.79 Å². The third kappa shape index (κ3) is 3.64. The number of carbonyl (C=O) groups excluding carboxylic acids is 1. The lowest BCUT2D eigenvalue weighted by Gasteiger charge is -2.33. The number of quaternary nitrogens is 2. The number of benzene rings is 1. The Labute approximate surface area is 161 Å². The van der Waals surface area contributed by atoms with Gasteiger partial charge in [0.25, 0.3) is 5.91 Å². The number of likely N-dealkylation sites (N-methyl/N-ethyl adjacent to an activating group) is 2. The predicted molar refractivity (Wildman–Crippen MR) is 108 cm³/mol. The Balaban J connectivity index is 1.64. The fourth-order valence-corrected chi connectivity index (χ4v) is 4.25. The smallest absolute Gasteiger partial charge is 0.256 e. The number of nitrogens with one attached hydrogen (secondary N) is 2. The van der Waals surface area contributed by atoms with E-state index >= 15 is 0 Å². The number of hydrogen-bond acceptors (Lipinski definition) is 3. The molecule has 0 aliphatic carbocycles. The highest BCUT2D eigenvalue weighted by Crippen LogP contribution is 2.28. The number of fused-ring (bicyclic) bond motifs is 1. The summed E-state index contributed by atoms with van der Waals surface area (Å²) in [6, 6.07) is 8.26. The summed E-state index contributed by atoms with van der Waals surface area (Å²) in [5.41, 5.74) is 0.742. The number of amides is 1. The average Bonchev–Trinajstić information content (AvgIpc) is 2.73. The Morgan fingerprint density at radius 1 is 1.04 bits per heavy atom. The van der Waals surface area contributed by atoms with E-state index < -0.39 is 0 Å². The number of anilines is 1. The molecule has 2 aromatic rings. The summed E-state index contributed by atoms with van der Waals surface area (Å²) < 4.78 is 0. The molecular formula is C21H31N5O+2. The SMILES string of the molecule is CC[NH+]1CCN(c2ncc(C(=O)N3CC[NH+](C)CC3)c3ccccc23)CC1. The van der Waals surface area contributed by atoms with Crippen molar-refractivity contribution in [1.29, 1.82) is 0 Å². The minimum Gasteiger partial charge on any atom is -0.345 e. The fourth-order valence-electron chi connectivity index (χ4n) is 4.25. The van der Waals surface area contributed by atoms with E-state index in [1.807, 2.05) is 17.2 Å². The first-order chi connectivity index (χ1) is 13.2. The third-order valence-corrected chi connectivity index (χ3v) is 6.18. The maximum Gasteiger partial charge on any atom is 0.256 e. The molecule has 2 aliphatic rings. The molecule has 0 spiro atoms. The molecule has 2 aliphatic heterocycles. The van der Waals surface area contributed by atoms with Crippen LogP contribution >= 0.6 is 0 Å². The van der Waals surface area contributed by atoms with Gasteiger partial charge in [-0.25, -0.2) is 4.98 Å². The van der Waals surface area contributed by atoms with Crippen LogP contribution < -0.4 is 14.7 Å². The van der Waals surface area contributed by atoms with E-state index in [0.29, 0.717) is 0 Å². The van der Waals surface area contributed by atoms with Crippen LogP contribution in [0.15, 0.2) is 30.5 Å². The maximum absolute atomic E-state index is 13.1. The first-order valence-corrected chi connectivity index (χ1v) is 10.2. The van der Waals surface area contributed by atoms with Crippen LogP contribution in [0.5, 0.6) is 0 Å². The molecule has 1 aromatic carbocycles. The number of rotatable bonds is 3. The van der Waals surface area contributed by atoms with Gasteiger partial charge in [0.05, 0.1) is 71.5 Å². The third-order valence-electron chi connectivity index (χ3n) is 6.18. The van der Waals surface area contributed by atoms with Crippen LogP contribution in [-0.4, -0.2) is 81.7 Å². The van der Waals surface area contributed by atoms with Gasteiger partial charge in [-0.2, -0.15) is 0 Å². The quantitative estimate of drug-likeness (QED) is 0.724. The van der Waals surface area contributed by atoms with Crippen LogP contribution in [0.2, 0.25) is 0 Å². The molecule has 1 aromatic heterocycles. The molecule has 27 heavy (non-hydrogen) atoms. The van der Waals surface area contributed by atoms with E-state index in [0.717, 1.165) is 74.5 Å². The lowest BCUT2D eigenvalue weighted by Crippen LogP contribution is -3.14. The van der Waals surface area contributed by atoms with E-state index in [4.69, 9.17) is 4.98 Å². The average molecular weight is 370 g/mol.